The van der Waals surface area contributed by atoms with E-state index in [0.29, 0.717) is 29.1 Å². The van der Waals surface area contributed by atoms with Gasteiger partial charge in [-0.3, -0.25) is 0 Å². The minimum absolute atomic E-state index is 0. The average Bonchev–Trinajstić information content (AvgIpc) is 2.78. The first-order valence-corrected chi connectivity index (χ1v) is 6.10. The molecule has 2 aliphatic rings. The molecule has 2 heterocycles. The van der Waals surface area contributed by atoms with Crippen LogP contribution >= 0.6 is 36.4 Å². The molecule has 1 saturated heterocycles. The lowest BCUT2D eigenvalue weighted by atomic mass is 9.92. The zero-order chi connectivity index (χ0) is 11.1. The van der Waals surface area contributed by atoms with Gasteiger partial charge in [-0.1, -0.05) is 11.6 Å². The van der Waals surface area contributed by atoms with E-state index in [1.807, 2.05) is 6.07 Å². The van der Waals surface area contributed by atoms with Gasteiger partial charge in [-0.05, 0) is 43.4 Å². The smallest absolute Gasteiger partial charge is 0.151 e. The van der Waals surface area contributed by atoms with Crippen molar-refractivity contribution in [2.75, 3.05) is 6.54 Å². The molecular formula is C11H17Cl3N4. The molecule has 1 aliphatic carbocycles. The lowest BCUT2D eigenvalue weighted by Gasteiger charge is -2.17. The Bertz CT molecular complexity index is 386. The molecule has 4 nitrogen and oxygen atoms in total. The number of rotatable bonds is 1. The molecule has 1 aromatic rings. The number of nitrogens with two attached hydrogens (primary N) is 1. The standard InChI is InChI=1S/C11H15ClN4.2ClH/c12-10-2-1-9(15-16-10)11-8-4-7(13)3-6(8)5-14-11;;/h1-2,6-8,11,14H,3-5,13H2;2*1H. The second kappa shape index (κ2) is 6.35. The van der Waals surface area contributed by atoms with Crippen LogP contribution in [-0.2, 0) is 0 Å². The van der Waals surface area contributed by atoms with Crippen molar-refractivity contribution in [3.05, 3.63) is 23.0 Å². The van der Waals surface area contributed by atoms with Crippen molar-refractivity contribution in [1.82, 2.24) is 15.5 Å². The van der Waals surface area contributed by atoms with Crippen LogP contribution in [0.3, 0.4) is 0 Å². The van der Waals surface area contributed by atoms with Crippen molar-refractivity contribution in [2.24, 2.45) is 17.6 Å². The summed E-state index contributed by atoms with van der Waals surface area (Å²) in [5.41, 5.74) is 7.00. The molecule has 0 spiro atoms. The van der Waals surface area contributed by atoms with Gasteiger partial charge in [-0.15, -0.1) is 29.9 Å². The first-order valence-electron chi connectivity index (χ1n) is 5.72. The largest absolute Gasteiger partial charge is 0.328 e. The Kier molecular flexibility index (Phi) is 5.62. The number of aromatic nitrogens is 2. The van der Waals surface area contributed by atoms with Gasteiger partial charge < -0.3 is 11.1 Å². The van der Waals surface area contributed by atoms with E-state index in [0.717, 1.165) is 25.1 Å². The highest BCUT2D eigenvalue weighted by Crippen LogP contribution is 2.43. The normalized spacial score (nSPS) is 33.4. The van der Waals surface area contributed by atoms with Crippen molar-refractivity contribution in [1.29, 1.82) is 0 Å². The molecule has 4 atom stereocenters. The van der Waals surface area contributed by atoms with Gasteiger partial charge in [-0.2, -0.15) is 5.10 Å². The highest BCUT2D eigenvalue weighted by Gasteiger charge is 2.43. The minimum atomic E-state index is 0. The molecular weight excluding hydrogens is 295 g/mol. The molecule has 4 unspecified atom stereocenters. The van der Waals surface area contributed by atoms with Crippen molar-refractivity contribution >= 4 is 36.4 Å². The predicted molar refractivity (Wildman–Crippen MR) is 76.5 cm³/mol. The lowest BCUT2D eigenvalue weighted by molar-refractivity contribution is 0.410. The van der Waals surface area contributed by atoms with Crippen molar-refractivity contribution in [2.45, 2.75) is 24.9 Å². The van der Waals surface area contributed by atoms with Crippen LogP contribution in [0.5, 0.6) is 0 Å². The fourth-order valence-corrected chi connectivity index (χ4v) is 3.19. The first kappa shape index (κ1) is 15.9. The highest BCUT2D eigenvalue weighted by atomic mass is 35.5. The van der Waals surface area contributed by atoms with E-state index < -0.39 is 0 Å². The van der Waals surface area contributed by atoms with Gasteiger partial charge in [0, 0.05) is 6.04 Å². The number of nitrogens with one attached hydrogen (secondary N) is 1. The predicted octanol–water partition coefficient (Wildman–Crippen LogP) is 1.97. The van der Waals surface area contributed by atoms with E-state index in [4.69, 9.17) is 17.3 Å². The Morgan fingerprint density at radius 2 is 2.00 bits per heavy atom. The van der Waals surface area contributed by atoms with Crippen LogP contribution in [0.2, 0.25) is 5.15 Å². The Labute approximate surface area is 124 Å². The molecule has 0 aromatic carbocycles. The van der Waals surface area contributed by atoms with Crippen LogP contribution in [0, 0.1) is 11.8 Å². The van der Waals surface area contributed by atoms with Crippen LogP contribution in [0.1, 0.15) is 24.6 Å². The number of fused-ring (bicyclic) bond motifs is 1. The molecule has 102 valence electrons. The summed E-state index contributed by atoms with van der Waals surface area (Å²) < 4.78 is 0. The van der Waals surface area contributed by atoms with Gasteiger partial charge in [0.2, 0.25) is 0 Å². The minimum Gasteiger partial charge on any atom is -0.328 e. The third-order valence-corrected chi connectivity index (χ3v) is 3.99. The van der Waals surface area contributed by atoms with E-state index in [-0.39, 0.29) is 24.8 Å². The summed E-state index contributed by atoms with van der Waals surface area (Å²) in [5.74, 6) is 1.32. The van der Waals surface area contributed by atoms with Crippen LogP contribution in [-0.4, -0.2) is 22.8 Å². The number of hydrogen-bond donors (Lipinski definition) is 2. The SMILES string of the molecule is Cl.Cl.NC1CC2CNC(c3ccc(Cl)nn3)C2C1. The third kappa shape index (κ3) is 2.89. The Morgan fingerprint density at radius 1 is 1.22 bits per heavy atom. The van der Waals surface area contributed by atoms with Gasteiger partial charge >= 0.3 is 0 Å². The molecule has 2 fully saturated rings. The summed E-state index contributed by atoms with van der Waals surface area (Å²) in [5, 5.41) is 12.0. The summed E-state index contributed by atoms with van der Waals surface area (Å²) in [4.78, 5) is 0. The van der Waals surface area contributed by atoms with Crippen LogP contribution in [0.25, 0.3) is 0 Å². The van der Waals surface area contributed by atoms with E-state index >= 15 is 0 Å². The zero-order valence-corrected chi connectivity index (χ0v) is 12.1. The molecule has 0 radical (unpaired) electrons. The molecule has 18 heavy (non-hydrogen) atoms. The van der Waals surface area contributed by atoms with Gasteiger partial charge in [0.15, 0.2) is 5.15 Å². The maximum absolute atomic E-state index is 6.00. The van der Waals surface area contributed by atoms with Gasteiger partial charge in [-0.25, -0.2) is 0 Å². The molecule has 1 saturated carbocycles. The van der Waals surface area contributed by atoms with Gasteiger partial charge in [0.25, 0.3) is 0 Å². The maximum atomic E-state index is 6.00. The van der Waals surface area contributed by atoms with Crippen molar-refractivity contribution in [3.8, 4) is 0 Å². The van der Waals surface area contributed by atoms with Gasteiger partial charge in [0.05, 0.1) is 11.7 Å². The quantitative estimate of drug-likeness (QED) is 0.832. The van der Waals surface area contributed by atoms with E-state index in [1.165, 1.54) is 0 Å². The monoisotopic (exact) mass is 310 g/mol. The molecule has 0 amide bonds. The van der Waals surface area contributed by atoms with Crippen LogP contribution in [0.15, 0.2) is 12.1 Å². The highest BCUT2D eigenvalue weighted by molar-refractivity contribution is 6.29. The molecule has 7 heteroatoms. The zero-order valence-electron chi connectivity index (χ0n) is 9.75. The second-order valence-corrected chi connectivity index (χ2v) is 5.21. The molecule has 3 N–H and O–H groups in total. The summed E-state index contributed by atoms with van der Waals surface area (Å²) in [6.07, 6.45) is 2.22. The van der Waals surface area contributed by atoms with Crippen LogP contribution in [0.4, 0.5) is 0 Å². The number of hydrogen-bond acceptors (Lipinski definition) is 4. The summed E-state index contributed by atoms with van der Waals surface area (Å²) in [6.45, 7) is 1.05. The van der Waals surface area contributed by atoms with Crippen molar-refractivity contribution < 1.29 is 0 Å². The number of halogens is 3. The summed E-state index contributed by atoms with van der Waals surface area (Å²) >= 11 is 5.74. The van der Waals surface area contributed by atoms with E-state index in [2.05, 4.69) is 15.5 Å². The van der Waals surface area contributed by atoms with E-state index in [9.17, 15) is 0 Å². The third-order valence-electron chi connectivity index (χ3n) is 3.79. The first-order chi connectivity index (χ1) is 7.74. The molecule has 0 bridgehead atoms. The van der Waals surface area contributed by atoms with E-state index in [1.54, 1.807) is 6.07 Å². The Morgan fingerprint density at radius 3 is 2.67 bits per heavy atom. The lowest BCUT2D eigenvalue weighted by Crippen LogP contribution is -2.24. The fourth-order valence-electron chi connectivity index (χ4n) is 3.09. The average molecular weight is 312 g/mol. The molecule has 1 aromatic heterocycles. The topological polar surface area (TPSA) is 63.8 Å². The van der Waals surface area contributed by atoms with Crippen molar-refractivity contribution in [3.63, 3.8) is 0 Å². The molecule has 3 rings (SSSR count). The molecule has 1 aliphatic heterocycles. The Balaban J connectivity index is 0.000000810. The number of nitrogens with zero attached hydrogens (tertiary/aromatic N) is 2. The fraction of sp³-hybridized carbons (Fsp3) is 0.636. The summed E-state index contributed by atoms with van der Waals surface area (Å²) in [7, 11) is 0. The Hall–Kier alpha value is -0.130. The maximum Gasteiger partial charge on any atom is 0.151 e. The van der Waals surface area contributed by atoms with Crippen LogP contribution < -0.4 is 11.1 Å². The second-order valence-electron chi connectivity index (χ2n) is 4.82. The van der Waals surface area contributed by atoms with Gasteiger partial charge in [0.1, 0.15) is 0 Å². The summed E-state index contributed by atoms with van der Waals surface area (Å²) in [6, 6.07) is 4.43.